The fourth-order valence-electron chi connectivity index (χ4n) is 4.30. The Labute approximate surface area is 194 Å². The van der Waals surface area contributed by atoms with E-state index in [2.05, 4.69) is 0 Å². The molecule has 3 aromatic carbocycles. The number of hydrogen-bond donors (Lipinski definition) is 2. The molecule has 32 heavy (non-hydrogen) atoms. The van der Waals surface area contributed by atoms with Crippen LogP contribution < -0.4 is 15.2 Å². The molecule has 168 valence electrons. The second-order valence-electron chi connectivity index (χ2n) is 8.41. The molecule has 1 aliphatic rings. The molecular weight excluding hydrogens is 422 g/mol. The Balaban J connectivity index is 1.59. The van der Waals surface area contributed by atoms with E-state index >= 15 is 0 Å². The largest absolute Gasteiger partial charge is 0.485 e. The first-order valence-corrected chi connectivity index (χ1v) is 11.6. The lowest BCUT2D eigenvalue weighted by Gasteiger charge is -2.26. The van der Waals surface area contributed by atoms with Crippen LogP contribution >= 0.6 is 11.6 Å². The van der Waals surface area contributed by atoms with E-state index in [4.69, 9.17) is 26.8 Å². The second kappa shape index (κ2) is 10.9. The monoisotopic (exact) mass is 451 g/mol. The van der Waals surface area contributed by atoms with Gasteiger partial charge in [-0.2, -0.15) is 0 Å². The Kier molecular flexibility index (Phi) is 7.69. The van der Waals surface area contributed by atoms with Gasteiger partial charge in [-0.3, -0.25) is 0 Å². The van der Waals surface area contributed by atoms with E-state index in [9.17, 15) is 5.11 Å². The molecule has 0 aliphatic heterocycles. The van der Waals surface area contributed by atoms with Crippen molar-refractivity contribution in [1.29, 1.82) is 0 Å². The summed E-state index contributed by atoms with van der Waals surface area (Å²) in [7, 11) is 0. The molecule has 3 aromatic rings. The van der Waals surface area contributed by atoms with Crippen LogP contribution in [0.25, 0.3) is 0 Å². The highest BCUT2D eigenvalue weighted by Crippen LogP contribution is 2.43. The van der Waals surface area contributed by atoms with Gasteiger partial charge in [0.1, 0.15) is 13.2 Å². The van der Waals surface area contributed by atoms with Gasteiger partial charge in [-0.25, -0.2) is 0 Å². The van der Waals surface area contributed by atoms with Gasteiger partial charge in [-0.15, -0.1) is 0 Å². The lowest BCUT2D eigenvalue weighted by atomic mass is 9.90. The third-order valence-corrected chi connectivity index (χ3v) is 6.57. The third kappa shape index (κ3) is 5.44. The zero-order chi connectivity index (χ0) is 22.3. The van der Waals surface area contributed by atoms with Crippen molar-refractivity contribution in [2.75, 3.05) is 0 Å². The topological polar surface area (TPSA) is 64.7 Å². The fraction of sp³-hybridized carbons (Fsp3) is 0.333. The van der Waals surface area contributed by atoms with Crippen LogP contribution in [0.3, 0.4) is 0 Å². The van der Waals surface area contributed by atoms with Crippen molar-refractivity contribution in [1.82, 2.24) is 0 Å². The molecule has 1 aliphatic carbocycles. The molecule has 0 aromatic heterocycles. The molecular formula is C27H30ClNO3. The van der Waals surface area contributed by atoms with E-state index in [0.717, 1.165) is 36.8 Å². The molecule has 0 bridgehead atoms. The van der Waals surface area contributed by atoms with Gasteiger partial charge >= 0.3 is 0 Å². The van der Waals surface area contributed by atoms with Crippen molar-refractivity contribution in [3.05, 3.63) is 94.5 Å². The quantitative estimate of drug-likeness (QED) is 0.415. The maximum Gasteiger partial charge on any atom is 0.180 e. The number of hydrogen-bond acceptors (Lipinski definition) is 4. The van der Waals surface area contributed by atoms with Crippen molar-refractivity contribution in [2.45, 2.75) is 51.0 Å². The Morgan fingerprint density at radius 2 is 1.41 bits per heavy atom. The maximum absolute atomic E-state index is 11.0. The summed E-state index contributed by atoms with van der Waals surface area (Å²) in [4.78, 5) is 0. The zero-order valence-corrected chi connectivity index (χ0v) is 18.9. The van der Waals surface area contributed by atoms with Crippen molar-refractivity contribution >= 4 is 11.6 Å². The maximum atomic E-state index is 11.0. The Bertz CT molecular complexity index is 991. The van der Waals surface area contributed by atoms with Crippen molar-refractivity contribution < 1.29 is 14.6 Å². The van der Waals surface area contributed by atoms with Crippen LogP contribution in [0.4, 0.5) is 0 Å². The van der Waals surface area contributed by atoms with E-state index in [0.29, 0.717) is 41.2 Å². The first-order chi connectivity index (χ1) is 15.6. The third-order valence-electron chi connectivity index (χ3n) is 6.18. The molecule has 0 radical (unpaired) electrons. The van der Waals surface area contributed by atoms with Gasteiger partial charge in [-0.05, 0) is 36.0 Å². The van der Waals surface area contributed by atoms with Gasteiger partial charge < -0.3 is 20.3 Å². The number of aliphatic hydroxyl groups is 1. The second-order valence-corrected chi connectivity index (χ2v) is 8.79. The Hall–Kier alpha value is -2.53. The SMILES string of the molecule is NC(C1CCCC1)C(O)c1ccc(OCc2ccccc2)c(OCc2ccccc2)c1Cl. The summed E-state index contributed by atoms with van der Waals surface area (Å²) in [6.45, 7) is 0.735. The van der Waals surface area contributed by atoms with Crippen LogP contribution in [0, 0.1) is 5.92 Å². The minimum atomic E-state index is -0.854. The molecule has 4 nitrogen and oxygen atoms in total. The molecule has 0 spiro atoms. The molecule has 2 atom stereocenters. The van der Waals surface area contributed by atoms with Crippen LogP contribution in [-0.4, -0.2) is 11.1 Å². The predicted molar refractivity (Wildman–Crippen MR) is 128 cm³/mol. The van der Waals surface area contributed by atoms with Gasteiger partial charge in [-0.1, -0.05) is 91.2 Å². The fourth-order valence-corrected chi connectivity index (χ4v) is 4.63. The highest BCUT2D eigenvalue weighted by molar-refractivity contribution is 6.33. The number of nitrogens with two attached hydrogens (primary N) is 1. The number of aliphatic hydroxyl groups excluding tert-OH is 1. The first-order valence-electron chi connectivity index (χ1n) is 11.2. The van der Waals surface area contributed by atoms with Crippen LogP contribution in [0.2, 0.25) is 5.02 Å². The van der Waals surface area contributed by atoms with Gasteiger partial charge in [0.15, 0.2) is 11.5 Å². The predicted octanol–water partition coefficient (Wildman–Crippen LogP) is 6.05. The molecule has 0 saturated heterocycles. The molecule has 3 N–H and O–H groups in total. The summed E-state index contributed by atoms with van der Waals surface area (Å²) in [6.07, 6.45) is 3.57. The highest BCUT2D eigenvalue weighted by atomic mass is 35.5. The van der Waals surface area contributed by atoms with Crippen molar-refractivity contribution in [3.8, 4) is 11.5 Å². The van der Waals surface area contributed by atoms with Gasteiger partial charge in [0.25, 0.3) is 0 Å². The summed E-state index contributed by atoms with van der Waals surface area (Å²) in [5.41, 5.74) is 9.08. The Morgan fingerprint density at radius 3 is 2.00 bits per heavy atom. The standard InChI is InChI=1S/C27H30ClNO3/c28-24-22(26(30)25(29)21-13-7-8-14-21)15-16-23(31-17-19-9-3-1-4-10-19)27(24)32-18-20-11-5-2-6-12-20/h1-6,9-12,15-16,21,25-26,30H,7-8,13-14,17-18,29H2. The zero-order valence-electron chi connectivity index (χ0n) is 18.1. The van der Waals surface area contributed by atoms with E-state index in [1.165, 1.54) is 0 Å². The molecule has 4 rings (SSSR count). The molecule has 1 saturated carbocycles. The van der Waals surface area contributed by atoms with E-state index in [1.54, 1.807) is 6.07 Å². The molecule has 0 amide bonds. The number of halogens is 1. The summed E-state index contributed by atoms with van der Waals surface area (Å²) < 4.78 is 12.2. The summed E-state index contributed by atoms with van der Waals surface area (Å²) in [5.74, 6) is 1.28. The minimum absolute atomic E-state index is 0.309. The molecule has 2 unspecified atom stereocenters. The van der Waals surface area contributed by atoms with E-state index in [1.807, 2.05) is 66.7 Å². The molecule has 5 heteroatoms. The lowest BCUT2D eigenvalue weighted by molar-refractivity contribution is 0.118. The summed E-state index contributed by atoms with van der Waals surface area (Å²) in [5, 5.41) is 11.4. The number of benzene rings is 3. The average molecular weight is 452 g/mol. The van der Waals surface area contributed by atoms with Crippen molar-refractivity contribution in [3.63, 3.8) is 0 Å². The van der Waals surface area contributed by atoms with E-state index in [-0.39, 0.29) is 6.04 Å². The lowest BCUT2D eigenvalue weighted by Crippen LogP contribution is -2.35. The average Bonchev–Trinajstić information content (AvgIpc) is 3.37. The summed E-state index contributed by atoms with van der Waals surface area (Å²) in [6, 6.07) is 23.1. The van der Waals surface area contributed by atoms with Crippen LogP contribution in [-0.2, 0) is 13.2 Å². The minimum Gasteiger partial charge on any atom is -0.485 e. The first kappa shape index (κ1) is 22.7. The van der Waals surface area contributed by atoms with Crippen LogP contribution in [0.15, 0.2) is 72.8 Å². The summed E-state index contributed by atoms with van der Waals surface area (Å²) >= 11 is 6.79. The van der Waals surface area contributed by atoms with Crippen molar-refractivity contribution in [2.24, 2.45) is 11.7 Å². The van der Waals surface area contributed by atoms with Gasteiger partial charge in [0.2, 0.25) is 0 Å². The highest BCUT2D eigenvalue weighted by Gasteiger charge is 2.31. The number of ether oxygens (including phenoxy) is 2. The van der Waals surface area contributed by atoms with Gasteiger partial charge in [0.05, 0.1) is 11.1 Å². The molecule has 0 heterocycles. The van der Waals surface area contributed by atoms with Crippen LogP contribution in [0.5, 0.6) is 11.5 Å². The van der Waals surface area contributed by atoms with Gasteiger partial charge in [0, 0.05) is 11.6 Å². The normalized spacial score (nSPS) is 16.0. The smallest absolute Gasteiger partial charge is 0.180 e. The molecule has 1 fully saturated rings. The van der Waals surface area contributed by atoms with E-state index < -0.39 is 6.10 Å². The van der Waals surface area contributed by atoms with Crippen LogP contribution in [0.1, 0.15) is 48.5 Å². The number of rotatable bonds is 9. The Morgan fingerprint density at radius 1 is 0.844 bits per heavy atom.